The molecule has 0 aliphatic rings. The molecule has 0 atom stereocenters. The minimum absolute atomic E-state index is 0.607. The van der Waals surface area contributed by atoms with Gasteiger partial charge in [-0.25, -0.2) is 15.0 Å². The van der Waals surface area contributed by atoms with Gasteiger partial charge >= 0.3 is 0 Å². The summed E-state index contributed by atoms with van der Waals surface area (Å²) in [5.41, 5.74) is 5.78. The predicted molar refractivity (Wildman–Crippen MR) is 162 cm³/mol. The Balaban J connectivity index is 1.28. The van der Waals surface area contributed by atoms with Gasteiger partial charge in [0.05, 0.1) is 5.69 Å². The molecule has 0 amide bonds. The Kier molecular flexibility index (Phi) is 5.35. The Bertz CT molecular complexity index is 2150. The van der Waals surface area contributed by atoms with E-state index in [0.717, 1.165) is 55.1 Å². The van der Waals surface area contributed by atoms with Crippen LogP contribution in [0.15, 0.2) is 132 Å². The third kappa shape index (κ3) is 4.10. The monoisotopic (exact) mass is 527 g/mol. The predicted octanol–water partition coefficient (Wildman–Crippen LogP) is 8.38. The summed E-state index contributed by atoms with van der Waals surface area (Å²) in [5.74, 6) is 1.87. The average Bonchev–Trinajstić information content (AvgIpc) is 3.44. The van der Waals surface area contributed by atoms with E-state index in [2.05, 4.69) is 17.1 Å². The van der Waals surface area contributed by atoms with Crippen molar-refractivity contribution in [1.82, 2.24) is 24.9 Å². The SMILES string of the molecule is c1ccc(-c2nc(-c3ccccc3)nc(-c3ccc4cnc(-c5nccc6c5oc5ccccc56)cc4c3)n2)cc1. The van der Waals surface area contributed by atoms with E-state index in [0.29, 0.717) is 23.2 Å². The highest BCUT2D eigenvalue weighted by Crippen LogP contribution is 2.35. The van der Waals surface area contributed by atoms with Crippen molar-refractivity contribution >= 4 is 32.7 Å². The number of hydrogen-bond acceptors (Lipinski definition) is 6. The molecule has 0 saturated heterocycles. The minimum atomic E-state index is 0.607. The summed E-state index contributed by atoms with van der Waals surface area (Å²) in [6.07, 6.45) is 3.68. The first-order valence-corrected chi connectivity index (χ1v) is 13.3. The van der Waals surface area contributed by atoms with Crippen molar-refractivity contribution in [2.45, 2.75) is 0 Å². The Hall–Kier alpha value is -5.75. The van der Waals surface area contributed by atoms with Crippen LogP contribution in [0.4, 0.5) is 0 Å². The first-order valence-electron chi connectivity index (χ1n) is 13.3. The molecule has 0 unspecified atom stereocenters. The van der Waals surface area contributed by atoms with Crippen LogP contribution in [-0.2, 0) is 0 Å². The summed E-state index contributed by atoms with van der Waals surface area (Å²) in [5, 5.41) is 4.10. The normalized spacial score (nSPS) is 11.4. The van der Waals surface area contributed by atoms with Crippen molar-refractivity contribution in [3.8, 4) is 45.6 Å². The molecular formula is C35H21N5O. The number of rotatable bonds is 4. The van der Waals surface area contributed by atoms with Crippen LogP contribution in [-0.4, -0.2) is 24.9 Å². The summed E-state index contributed by atoms with van der Waals surface area (Å²) >= 11 is 0. The fraction of sp³-hybridized carbons (Fsp3) is 0. The summed E-state index contributed by atoms with van der Waals surface area (Å²) in [4.78, 5) is 24.0. The van der Waals surface area contributed by atoms with Gasteiger partial charge in [-0.3, -0.25) is 9.97 Å². The lowest BCUT2D eigenvalue weighted by molar-refractivity contribution is 0.668. The van der Waals surface area contributed by atoms with Gasteiger partial charge in [0.15, 0.2) is 23.1 Å². The molecule has 6 nitrogen and oxygen atoms in total. The smallest absolute Gasteiger partial charge is 0.164 e. The highest BCUT2D eigenvalue weighted by Gasteiger charge is 2.16. The van der Waals surface area contributed by atoms with Gasteiger partial charge in [0.2, 0.25) is 0 Å². The molecule has 6 heteroatoms. The molecule has 0 aliphatic carbocycles. The van der Waals surface area contributed by atoms with Gasteiger partial charge in [-0.05, 0) is 29.7 Å². The molecular weight excluding hydrogens is 506 g/mol. The zero-order chi connectivity index (χ0) is 27.2. The topological polar surface area (TPSA) is 77.6 Å². The molecule has 4 aromatic carbocycles. The number of benzene rings is 4. The molecule has 41 heavy (non-hydrogen) atoms. The maximum absolute atomic E-state index is 6.22. The van der Waals surface area contributed by atoms with Crippen molar-refractivity contribution < 1.29 is 4.42 Å². The molecule has 0 spiro atoms. The molecule has 192 valence electrons. The van der Waals surface area contributed by atoms with E-state index in [9.17, 15) is 0 Å². The van der Waals surface area contributed by atoms with Gasteiger partial charge in [0, 0.05) is 45.2 Å². The molecule has 0 fully saturated rings. The fourth-order valence-corrected chi connectivity index (χ4v) is 5.18. The number of pyridine rings is 2. The van der Waals surface area contributed by atoms with E-state index in [-0.39, 0.29) is 0 Å². The van der Waals surface area contributed by atoms with Crippen molar-refractivity contribution in [2.75, 3.05) is 0 Å². The number of aromatic nitrogens is 5. The molecule has 0 N–H and O–H groups in total. The lowest BCUT2D eigenvalue weighted by Gasteiger charge is -2.09. The summed E-state index contributed by atoms with van der Waals surface area (Å²) in [6.45, 7) is 0. The lowest BCUT2D eigenvalue weighted by atomic mass is 10.1. The fourth-order valence-electron chi connectivity index (χ4n) is 5.18. The van der Waals surface area contributed by atoms with Crippen molar-refractivity contribution in [3.05, 3.63) is 128 Å². The molecule has 4 heterocycles. The summed E-state index contributed by atoms with van der Waals surface area (Å²) < 4.78 is 6.22. The minimum Gasteiger partial charge on any atom is -0.454 e. The van der Waals surface area contributed by atoms with Crippen molar-refractivity contribution in [3.63, 3.8) is 0 Å². The van der Waals surface area contributed by atoms with E-state index in [4.69, 9.17) is 24.4 Å². The Morgan fingerprint density at radius 2 is 1.15 bits per heavy atom. The quantitative estimate of drug-likeness (QED) is 0.229. The van der Waals surface area contributed by atoms with Gasteiger partial charge in [0.1, 0.15) is 11.3 Å². The number of furan rings is 1. The number of hydrogen-bond donors (Lipinski definition) is 0. The van der Waals surface area contributed by atoms with E-state index in [1.54, 1.807) is 0 Å². The van der Waals surface area contributed by atoms with E-state index >= 15 is 0 Å². The molecule has 0 aliphatic heterocycles. The Morgan fingerprint density at radius 1 is 0.488 bits per heavy atom. The van der Waals surface area contributed by atoms with Gasteiger partial charge < -0.3 is 4.42 Å². The third-order valence-corrected chi connectivity index (χ3v) is 7.22. The van der Waals surface area contributed by atoms with Crippen LogP contribution >= 0.6 is 0 Å². The van der Waals surface area contributed by atoms with Crippen LogP contribution in [0, 0.1) is 0 Å². The number of para-hydroxylation sites is 1. The van der Waals surface area contributed by atoms with Crippen LogP contribution in [0.1, 0.15) is 0 Å². The molecule has 0 radical (unpaired) electrons. The van der Waals surface area contributed by atoms with Crippen LogP contribution in [0.5, 0.6) is 0 Å². The van der Waals surface area contributed by atoms with E-state index in [1.165, 1.54) is 0 Å². The number of fused-ring (bicyclic) bond motifs is 4. The Labute approximate surface area is 235 Å². The molecule has 0 bridgehead atoms. The average molecular weight is 528 g/mol. The third-order valence-electron chi connectivity index (χ3n) is 7.22. The van der Waals surface area contributed by atoms with Crippen LogP contribution in [0.2, 0.25) is 0 Å². The second-order valence-electron chi connectivity index (χ2n) is 9.80. The van der Waals surface area contributed by atoms with Gasteiger partial charge in [-0.2, -0.15) is 0 Å². The van der Waals surface area contributed by atoms with Gasteiger partial charge in [-0.15, -0.1) is 0 Å². The summed E-state index contributed by atoms with van der Waals surface area (Å²) in [6, 6.07) is 38.2. The van der Waals surface area contributed by atoms with Crippen LogP contribution < -0.4 is 0 Å². The highest BCUT2D eigenvalue weighted by atomic mass is 16.3. The summed E-state index contributed by atoms with van der Waals surface area (Å²) in [7, 11) is 0. The van der Waals surface area contributed by atoms with E-state index < -0.39 is 0 Å². The zero-order valence-corrected chi connectivity index (χ0v) is 21.8. The standard InChI is InChI=1S/C35H21N5O/c1-3-9-22(10-4-1)33-38-34(23-11-5-2-6-12-23)40-35(39-33)24-15-16-25-21-37-29(20-26(25)19-24)31-32-28(17-18-36-31)27-13-7-8-14-30(27)41-32/h1-21H. The largest absolute Gasteiger partial charge is 0.454 e. The van der Waals surface area contributed by atoms with Crippen molar-refractivity contribution in [1.29, 1.82) is 0 Å². The van der Waals surface area contributed by atoms with Gasteiger partial charge in [-0.1, -0.05) is 91.0 Å². The molecule has 8 aromatic rings. The molecule has 4 aromatic heterocycles. The number of nitrogens with zero attached hydrogens (tertiary/aromatic N) is 5. The molecule has 0 saturated carbocycles. The van der Waals surface area contributed by atoms with Gasteiger partial charge in [0.25, 0.3) is 0 Å². The maximum Gasteiger partial charge on any atom is 0.164 e. The Morgan fingerprint density at radius 3 is 1.88 bits per heavy atom. The van der Waals surface area contributed by atoms with Crippen LogP contribution in [0.25, 0.3) is 78.3 Å². The maximum atomic E-state index is 6.22. The highest BCUT2D eigenvalue weighted by molar-refractivity contribution is 6.08. The zero-order valence-electron chi connectivity index (χ0n) is 21.8. The second-order valence-corrected chi connectivity index (χ2v) is 9.80. The second kappa shape index (κ2) is 9.47. The first kappa shape index (κ1) is 23.2. The van der Waals surface area contributed by atoms with E-state index in [1.807, 2.05) is 116 Å². The van der Waals surface area contributed by atoms with Crippen molar-refractivity contribution in [2.24, 2.45) is 0 Å². The molecule has 8 rings (SSSR count). The first-order chi connectivity index (χ1) is 20.3. The lowest BCUT2D eigenvalue weighted by Crippen LogP contribution is -2.00. The van der Waals surface area contributed by atoms with Crippen LogP contribution in [0.3, 0.4) is 0 Å².